The van der Waals surface area contributed by atoms with Crippen LogP contribution in [0.25, 0.3) is 6.08 Å². The van der Waals surface area contributed by atoms with E-state index >= 15 is 0 Å². The molecule has 29 heavy (non-hydrogen) atoms. The van der Waals surface area contributed by atoms with Gasteiger partial charge in [-0.15, -0.1) is 0 Å². The van der Waals surface area contributed by atoms with Gasteiger partial charge in [0.25, 0.3) is 0 Å². The van der Waals surface area contributed by atoms with E-state index in [4.69, 9.17) is 0 Å². The zero-order chi connectivity index (χ0) is 20.9. The summed E-state index contributed by atoms with van der Waals surface area (Å²) in [5.41, 5.74) is 3.09. The summed E-state index contributed by atoms with van der Waals surface area (Å²) in [6, 6.07) is 14.9. The predicted molar refractivity (Wildman–Crippen MR) is 116 cm³/mol. The minimum Gasteiger partial charge on any atom is -0.348 e. The van der Waals surface area contributed by atoms with Crippen LogP contribution in [0.2, 0.25) is 0 Å². The van der Waals surface area contributed by atoms with E-state index in [0.29, 0.717) is 30.4 Å². The van der Waals surface area contributed by atoms with Gasteiger partial charge in [0.15, 0.2) is 0 Å². The van der Waals surface area contributed by atoms with Crippen molar-refractivity contribution in [3.63, 3.8) is 0 Å². The molecule has 6 heteroatoms. The molecule has 0 aromatic heterocycles. The number of nitrogens with zero attached hydrogens (tertiary/aromatic N) is 1. The van der Waals surface area contributed by atoms with Gasteiger partial charge in [-0.2, -0.15) is 4.31 Å². The molecule has 0 aliphatic carbocycles. The lowest BCUT2D eigenvalue weighted by Crippen LogP contribution is -2.27. The van der Waals surface area contributed by atoms with Gasteiger partial charge in [-0.25, -0.2) is 8.42 Å². The topological polar surface area (TPSA) is 66.5 Å². The fourth-order valence-electron chi connectivity index (χ4n) is 3.27. The SMILES string of the molecule is CC(C)c1ccc(C=CC(=O)NCc2ccc(S(=O)(=O)N3CCCC3)cc2)cc1. The third kappa shape index (κ3) is 5.55. The smallest absolute Gasteiger partial charge is 0.244 e. The largest absolute Gasteiger partial charge is 0.348 e. The van der Waals surface area contributed by atoms with Gasteiger partial charge < -0.3 is 5.32 Å². The van der Waals surface area contributed by atoms with Crippen molar-refractivity contribution in [3.8, 4) is 0 Å². The highest BCUT2D eigenvalue weighted by Gasteiger charge is 2.26. The maximum absolute atomic E-state index is 12.5. The molecule has 1 aliphatic heterocycles. The zero-order valence-electron chi connectivity index (χ0n) is 17.0. The number of hydrogen-bond acceptors (Lipinski definition) is 3. The zero-order valence-corrected chi connectivity index (χ0v) is 17.8. The Hall–Kier alpha value is -2.44. The van der Waals surface area contributed by atoms with Crippen LogP contribution < -0.4 is 5.32 Å². The molecule has 154 valence electrons. The summed E-state index contributed by atoms with van der Waals surface area (Å²) in [6.45, 7) is 5.82. The van der Waals surface area contributed by atoms with Crippen LogP contribution in [0.5, 0.6) is 0 Å². The first kappa shape index (κ1) is 21.3. The molecule has 0 unspecified atom stereocenters. The molecule has 0 atom stereocenters. The summed E-state index contributed by atoms with van der Waals surface area (Å²) in [5.74, 6) is 0.291. The van der Waals surface area contributed by atoms with Crippen LogP contribution in [-0.2, 0) is 21.4 Å². The Labute approximate surface area is 173 Å². The van der Waals surface area contributed by atoms with Crippen LogP contribution >= 0.6 is 0 Å². The molecule has 1 heterocycles. The Morgan fingerprint density at radius 3 is 2.24 bits per heavy atom. The maximum atomic E-state index is 12.5. The van der Waals surface area contributed by atoms with Crippen molar-refractivity contribution in [1.29, 1.82) is 0 Å². The van der Waals surface area contributed by atoms with Gasteiger partial charge in [-0.1, -0.05) is 50.2 Å². The predicted octanol–water partition coefficient (Wildman–Crippen LogP) is 3.92. The van der Waals surface area contributed by atoms with Crippen molar-refractivity contribution in [2.45, 2.75) is 44.0 Å². The molecule has 0 bridgehead atoms. The summed E-state index contributed by atoms with van der Waals surface area (Å²) >= 11 is 0. The molecular formula is C23H28N2O3S. The standard InChI is InChI=1S/C23H28N2O3S/c1-18(2)21-10-5-19(6-11-21)9-14-23(26)24-17-20-7-12-22(13-8-20)29(27,28)25-15-3-4-16-25/h5-14,18H,3-4,15-17H2,1-2H3,(H,24,26). The summed E-state index contributed by atoms with van der Waals surface area (Å²) in [4.78, 5) is 12.4. The first-order valence-corrected chi connectivity index (χ1v) is 11.5. The maximum Gasteiger partial charge on any atom is 0.244 e. The molecule has 1 fully saturated rings. The Bertz CT molecular complexity index is 956. The average molecular weight is 413 g/mol. The second kappa shape index (κ2) is 9.37. The van der Waals surface area contributed by atoms with E-state index in [9.17, 15) is 13.2 Å². The van der Waals surface area contributed by atoms with Gasteiger partial charge in [0.2, 0.25) is 15.9 Å². The molecule has 3 rings (SSSR count). The number of nitrogens with one attached hydrogen (secondary N) is 1. The number of hydrogen-bond donors (Lipinski definition) is 1. The summed E-state index contributed by atoms with van der Waals surface area (Å²) in [7, 11) is -3.40. The van der Waals surface area contributed by atoms with Crippen LogP contribution in [0.1, 0.15) is 49.3 Å². The second-order valence-corrected chi connectivity index (χ2v) is 9.57. The molecule has 0 radical (unpaired) electrons. The van der Waals surface area contributed by atoms with Crippen molar-refractivity contribution in [1.82, 2.24) is 9.62 Å². The summed E-state index contributed by atoms with van der Waals surface area (Å²) < 4.78 is 26.6. The molecule has 0 spiro atoms. The van der Waals surface area contributed by atoms with E-state index in [1.165, 1.54) is 15.9 Å². The third-order valence-corrected chi connectivity index (χ3v) is 7.04. The number of carbonyl (C=O) groups is 1. The first-order chi connectivity index (χ1) is 13.9. The van der Waals surface area contributed by atoms with Gasteiger partial charge >= 0.3 is 0 Å². The lowest BCUT2D eigenvalue weighted by atomic mass is 10.0. The van der Waals surface area contributed by atoms with Gasteiger partial charge in [-0.3, -0.25) is 4.79 Å². The van der Waals surface area contributed by atoms with Crippen LogP contribution in [-0.4, -0.2) is 31.7 Å². The minimum atomic E-state index is -3.40. The van der Waals surface area contributed by atoms with Gasteiger partial charge in [0.1, 0.15) is 0 Å². The Kier molecular flexibility index (Phi) is 6.87. The Morgan fingerprint density at radius 2 is 1.66 bits per heavy atom. The second-order valence-electron chi connectivity index (χ2n) is 7.63. The van der Waals surface area contributed by atoms with E-state index in [0.717, 1.165) is 24.0 Å². The van der Waals surface area contributed by atoms with Gasteiger partial charge in [0.05, 0.1) is 4.90 Å². The molecular weight excluding hydrogens is 384 g/mol. The quantitative estimate of drug-likeness (QED) is 0.701. The molecule has 2 aromatic carbocycles. The van der Waals surface area contributed by atoms with Gasteiger partial charge in [0, 0.05) is 25.7 Å². The molecule has 1 saturated heterocycles. The lowest BCUT2D eigenvalue weighted by molar-refractivity contribution is -0.116. The average Bonchev–Trinajstić information content (AvgIpc) is 3.27. The molecule has 5 nitrogen and oxygen atoms in total. The summed E-state index contributed by atoms with van der Waals surface area (Å²) in [5, 5.41) is 2.83. The molecule has 1 amide bonds. The van der Waals surface area contributed by atoms with E-state index < -0.39 is 10.0 Å². The first-order valence-electron chi connectivity index (χ1n) is 10.0. The van der Waals surface area contributed by atoms with E-state index in [1.807, 2.05) is 12.1 Å². The molecule has 1 aliphatic rings. The van der Waals surface area contributed by atoms with Crippen molar-refractivity contribution < 1.29 is 13.2 Å². The highest BCUT2D eigenvalue weighted by Crippen LogP contribution is 2.21. The van der Waals surface area contributed by atoms with Gasteiger partial charge in [-0.05, 0) is 53.7 Å². The minimum absolute atomic E-state index is 0.188. The van der Waals surface area contributed by atoms with Crippen LogP contribution in [0.3, 0.4) is 0 Å². The van der Waals surface area contributed by atoms with E-state index in [1.54, 1.807) is 30.3 Å². The van der Waals surface area contributed by atoms with Crippen molar-refractivity contribution in [2.75, 3.05) is 13.1 Å². The Balaban J connectivity index is 1.53. The number of carbonyl (C=O) groups excluding carboxylic acids is 1. The number of benzene rings is 2. The fraction of sp³-hybridized carbons (Fsp3) is 0.348. The molecule has 1 N–H and O–H groups in total. The number of amides is 1. The Morgan fingerprint density at radius 1 is 1.03 bits per heavy atom. The van der Waals surface area contributed by atoms with E-state index in [2.05, 4.69) is 31.3 Å². The third-order valence-electron chi connectivity index (χ3n) is 5.12. The number of rotatable bonds is 7. The van der Waals surface area contributed by atoms with Crippen molar-refractivity contribution in [3.05, 3.63) is 71.3 Å². The monoisotopic (exact) mass is 412 g/mol. The lowest BCUT2D eigenvalue weighted by Gasteiger charge is -2.15. The summed E-state index contributed by atoms with van der Waals surface area (Å²) in [6.07, 6.45) is 5.12. The van der Waals surface area contributed by atoms with Crippen LogP contribution in [0.15, 0.2) is 59.5 Å². The van der Waals surface area contributed by atoms with Crippen molar-refractivity contribution in [2.24, 2.45) is 0 Å². The van der Waals surface area contributed by atoms with E-state index in [-0.39, 0.29) is 5.91 Å². The highest BCUT2D eigenvalue weighted by molar-refractivity contribution is 7.89. The highest BCUT2D eigenvalue weighted by atomic mass is 32.2. The fourth-order valence-corrected chi connectivity index (χ4v) is 4.79. The molecule has 2 aromatic rings. The van der Waals surface area contributed by atoms with Crippen LogP contribution in [0, 0.1) is 0 Å². The normalized spacial score (nSPS) is 15.3. The van der Waals surface area contributed by atoms with Crippen LogP contribution in [0.4, 0.5) is 0 Å². The number of sulfonamides is 1. The van der Waals surface area contributed by atoms with Crippen molar-refractivity contribution >= 4 is 22.0 Å². The molecule has 0 saturated carbocycles.